The third-order valence-electron chi connectivity index (χ3n) is 3.87. The lowest BCUT2D eigenvalue weighted by Crippen LogP contribution is -2.33. The van der Waals surface area contributed by atoms with Crippen LogP contribution in [0.2, 0.25) is 0 Å². The van der Waals surface area contributed by atoms with Crippen LogP contribution < -0.4 is 14.8 Å². The van der Waals surface area contributed by atoms with Gasteiger partial charge in [0.25, 0.3) is 5.91 Å². The van der Waals surface area contributed by atoms with Crippen molar-refractivity contribution in [1.82, 2.24) is 5.32 Å². The summed E-state index contributed by atoms with van der Waals surface area (Å²) in [7, 11) is 1.52. The molecule has 0 atom stereocenters. The number of carbonyl (C=O) groups excluding carboxylic acids is 1. The lowest BCUT2D eigenvalue weighted by molar-refractivity contribution is -0.117. The Morgan fingerprint density at radius 1 is 1.42 bits per heavy atom. The molecule has 24 heavy (non-hydrogen) atoms. The first kappa shape index (κ1) is 17.4. The molecule has 0 aromatic heterocycles. The number of rotatable bonds is 6. The predicted molar refractivity (Wildman–Crippen MR) is 91.3 cm³/mol. The number of methoxy groups -OCH3 is 1. The van der Waals surface area contributed by atoms with Gasteiger partial charge in [0, 0.05) is 6.04 Å². The number of ether oxygens (including phenoxy) is 2. The van der Waals surface area contributed by atoms with Crippen molar-refractivity contribution in [3.8, 4) is 29.9 Å². The molecule has 0 spiro atoms. The highest BCUT2D eigenvalue weighted by Crippen LogP contribution is 2.29. The molecular weight excluding hydrogens is 304 g/mol. The van der Waals surface area contributed by atoms with Gasteiger partial charge in [-0.05, 0) is 36.6 Å². The molecule has 0 saturated heterocycles. The molecule has 1 fully saturated rings. The molecule has 0 unspecified atom stereocenters. The van der Waals surface area contributed by atoms with Crippen LogP contribution in [0.15, 0.2) is 23.8 Å². The molecule has 1 aromatic carbocycles. The lowest BCUT2D eigenvalue weighted by atomic mass is 10.1. The highest BCUT2D eigenvalue weighted by molar-refractivity contribution is 6.01. The van der Waals surface area contributed by atoms with Crippen LogP contribution in [0.4, 0.5) is 0 Å². The van der Waals surface area contributed by atoms with Crippen molar-refractivity contribution in [3.05, 3.63) is 29.3 Å². The number of nitriles is 1. The largest absolute Gasteiger partial charge is 0.493 e. The maximum atomic E-state index is 12.2. The van der Waals surface area contributed by atoms with E-state index in [2.05, 4.69) is 11.2 Å². The van der Waals surface area contributed by atoms with Gasteiger partial charge in [0.1, 0.15) is 18.2 Å². The summed E-state index contributed by atoms with van der Waals surface area (Å²) in [6, 6.07) is 7.28. The predicted octanol–water partition coefficient (Wildman–Crippen LogP) is 2.67. The van der Waals surface area contributed by atoms with Crippen molar-refractivity contribution >= 4 is 12.0 Å². The number of terminal acetylenes is 1. The van der Waals surface area contributed by atoms with Crippen molar-refractivity contribution < 1.29 is 14.3 Å². The highest BCUT2D eigenvalue weighted by Gasteiger charge is 2.19. The fourth-order valence-corrected chi connectivity index (χ4v) is 2.66. The van der Waals surface area contributed by atoms with Gasteiger partial charge in [-0.25, -0.2) is 0 Å². The molecule has 2 rings (SSSR count). The summed E-state index contributed by atoms with van der Waals surface area (Å²) in [4.78, 5) is 12.2. The van der Waals surface area contributed by atoms with Crippen molar-refractivity contribution in [3.63, 3.8) is 0 Å². The summed E-state index contributed by atoms with van der Waals surface area (Å²) < 4.78 is 10.6. The van der Waals surface area contributed by atoms with Crippen LogP contribution >= 0.6 is 0 Å². The number of nitrogens with zero attached hydrogens (tertiary/aromatic N) is 1. The quantitative estimate of drug-likeness (QED) is 0.496. The minimum atomic E-state index is -0.337. The van der Waals surface area contributed by atoms with E-state index in [1.54, 1.807) is 18.2 Å². The van der Waals surface area contributed by atoms with E-state index in [1.807, 2.05) is 6.07 Å². The highest BCUT2D eigenvalue weighted by atomic mass is 16.5. The monoisotopic (exact) mass is 324 g/mol. The van der Waals surface area contributed by atoms with Gasteiger partial charge < -0.3 is 14.8 Å². The maximum Gasteiger partial charge on any atom is 0.262 e. The molecule has 5 nitrogen and oxygen atoms in total. The van der Waals surface area contributed by atoms with Gasteiger partial charge in [-0.3, -0.25) is 4.79 Å². The van der Waals surface area contributed by atoms with Crippen LogP contribution in [0.5, 0.6) is 11.5 Å². The average Bonchev–Trinajstić information content (AvgIpc) is 3.11. The average molecular weight is 324 g/mol. The first-order valence-corrected chi connectivity index (χ1v) is 7.85. The van der Waals surface area contributed by atoms with E-state index < -0.39 is 0 Å². The molecule has 1 aliphatic rings. The number of hydrogen-bond donors (Lipinski definition) is 1. The van der Waals surface area contributed by atoms with Crippen molar-refractivity contribution in [2.45, 2.75) is 31.7 Å². The minimum absolute atomic E-state index is 0.0706. The van der Waals surface area contributed by atoms with E-state index >= 15 is 0 Å². The van der Waals surface area contributed by atoms with Crippen LogP contribution in [0.1, 0.15) is 31.2 Å². The van der Waals surface area contributed by atoms with Gasteiger partial charge in [-0.2, -0.15) is 5.26 Å². The molecule has 1 saturated carbocycles. The van der Waals surface area contributed by atoms with Crippen LogP contribution in [-0.4, -0.2) is 25.7 Å². The Kier molecular flexibility index (Phi) is 6.28. The SMILES string of the molecule is C#CCOc1ccc(/C=C(/C#N)C(=O)NC2CCCC2)cc1OC. The fraction of sp³-hybridized carbons (Fsp3) is 0.368. The summed E-state index contributed by atoms with van der Waals surface area (Å²) >= 11 is 0. The molecular formula is C19H20N2O3. The lowest BCUT2D eigenvalue weighted by Gasteiger charge is -2.11. The second-order valence-corrected chi connectivity index (χ2v) is 5.53. The number of benzene rings is 1. The third kappa shape index (κ3) is 4.54. The van der Waals surface area contributed by atoms with E-state index in [-0.39, 0.29) is 24.1 Å². The summed E-state index contributed by atoms with van der Waals surface area (Å²) in [6.45, 7) is 0.138. The van der Waals surface area contributed by atoms with Crippen molar-refractivity contribution in [1.29, 1.82) is 5.26 Å². The second-order valence-electron chi connectivity index (χ2n) is 5.53. The van der Waals surface area contributed by atoms with Gasteiger partial charge >= 0.3 is 0 Å². The molecule has 1 aromatic rings. The zero-order chi connectivity index (χ0) is 17.4. The molecule has 1 N–H and O–H groups in total. The molecule has 124 valence electrons. The van der Waals surface area contributed by atoms with E-state index in [4.69, 9.17) is 15.9 Å². The van der Waals surface area contributed by atoms with Gasteiger partial charge in [0.15, 0.2) is 11.5 Å². The number of amides is 1. The third-order valence-corrected chi connectivity index (χ3v) is 3.87. The molecule has 0 aliphatic heterocycles. The Morgan fingerprint density at radius 2 is 2.17 bits per heavy atom. The Hall–Kier alpha value is -2.92. The number of hydrogen-bond acceptors (Lipinski definition) is 4. The summed E-state index contributed by atoms with van der Waals surface area (Å²) in [6.07, 6.45) is 10.9. The Labute approximate surface area is 142 Å². The second kappa shape index (κ2) is 8.64. The zero-order valence-electron chi connectivity index (χ0n) is 13.7. The van der Waals surface area contributed by atoms with Crippen LogP contribution in [0.3, 0.4) is 0 Å². The number of carbonyl (C=O) groups is 1. The van der Waals surface area contributed by atoms with E-state index in [0.717, 1.165) is 25.7 Å². The number of nitrogens with one attached hydrogen (secondary N) is 1. The van der Waals surface area contributed by atoms with Gasteiger partial charge in [0.05, 0.1) is 7.11 Å². The molecule has 5 heteroatoms. The van der Waals surface area contributed by atoms with E-state index in [1.165, 1.54) is 13.2 Å². The molecule has 1 aliphatic carbocycles. The van der Waals surface area contributed by atoms with Gasteiger partial charge in [-0.1, -0.05) is 24.8 Å². The summed E-state index contributed by atoms with van der Waals surface area (Å²) in [5, 5.41) is 12.2. The smallest absolute Gasteiger partial charge is 0.262 e. The zero-order valence-corrected chi connectivity index (χ0v) is 13.7. The van der Waals surface area contributed by atoms with Gasteiger partial charge in [-0.15, -0.1) is 6.42 Å². The molecule has 0 radical (unpaired) electrons. The van der Waals surface area contributed by atoms with Gasteiger partial charge in [0.2, 0.25) is 0 Å². The van der Waals surface area contributed by atoms with Crippen molar-refractivity contribution in [2.24, 2.45) is 0 Å². The Bertz CT molecular complexity index is 704. The van der Waals surface area contributed by atoms with Crippen molar-refractivity contribution in [2.75, 3.05) is 13.7 Å². The molecule has 0 heterocycles. The fourth-order valence-electron chi connectivity index (χ4n) is 2.66. The topological polar surface area (TPSA) is 71.3 Å². The first-order valence-electron chi connectivity index (χ1n) is 7.85. The molecule has 0 bridgehead atoms. The first-order chi connectivity index (χ1) is 11.7. The van der Waals surface area contributed by atoms with Crippen LogP contribution in [0, 0.1) is 23.7 Å². The van der Waals surface area contributed by atoms with Crippen LogP contribution in [-0.2, 0) is 4.79 Å². The minimum Gasteiger partial charge on any atom is -0.493 e. The standard InChI is InChI=1S/C19H20N2O3/c1-3-10-24-17-9-8-14(12-18(17)23-2)11-15(13-20)19(22)21-16-6-4-5-7-16/h1,8-9,11-12,16H,4-7,10H2,2H3,(H,21,22)/b15-11-. The maximum absolute atomic E-state index is 12.2. The summed E-state index contributed by atoms with van der Waals surface area (Å²) in [5.74, 6) is 3.06. The summed E-state index contributed by atoms with van der Waals surface area (Å²) in [5.41, 5.74) is 0.749. The van der Waals surface area contributed by atoms with Crippen LogP contribution in [0.25, 0.3) is 6.08 Å². The normalized spacial score (nSPS) is 14.5. The van der Waals surface area contributed by atoms with E-state index in [0.29, 0.717) is 17.1 Å². The van der Waals surface area contributed by atoms with E-state index in [9.17, 15) is 10.1 Å². The molecule has 1 amide bonds. The Balaban J connectivity index is 2.16. The Morgan fingerprint density at radius 3 is 2.79 bits per heavy atom.